The highest BCUT2D eigenvalue weighted by molar-refractivity contribution is 6.34. The number of nitro groups is 1. The second-order valence-corrected chi connectivity index (χ2v) is 4.34. The first-order chi connectivity index (χ1) is 9.36. The van der Waals surface area contributed by atoms with Gasteiger partial charge in [0.05, 0.1) is 10.5 Å². The molecule has 3 N–H and O–H groups in total. The first-order valence-corrected chi connectivity index (χ1v) is 5.95. The Bertz CT molecular complexity index is 547. The molecule has 0 saturated heterocycles. The number of nitro benzene ring substituents is 1. The monoisotopic (exact) mass is 300 g/mol. The summed E-state index contributed by atoms with van der Waals surface area (Å²) in [7, 11) is 0. The molecule has 0 aliphatic heterocycles. The molecule has 0 aromatic heterocycles. The van der Waals surface area contributed by atoms with E-state index >= 15 is 0 Å². The minimum absolute atomic E-state index is 0.0337. The maximum atomic E-state index is 10.9. The minimum Gasteiger partial charge on any atom is -0.490 e. The van der Waals surface area contributed by atoms with Crippen molar-refractivity contribution in [2.45, 2.75) is 12.5 Å². The second kappa shape index (κ2) is 6.88. The highest BCUT2D eigenvalue weighted by Crippen LogP contribution is 2.35. The number of aromatic carboxylic acids is 1. The lowest BCUT2D eigenvalue weighted by molar-refractivity contribution is -0.384. The van der Waals surface area contributed by atoms with Gasteiger partial charge in [-0.25, -0.2) is 4.79 Å². The summed E-state index contributed by atoms with van der Waals surface area (Å²) in [4.78, 5) is 21.0. The molecule has 8 heteroatoms. The molecule has 0 bridgehead atoms. The first-order valence-electron chi connectivity index (χ1n) is 5.57. The van der Waals surface area contributed by atoms with Crippen LogP contribution in [0.3, 0.4) is 0 Å². The van der Waals surface area contributed by atoms with Crippen LogP contribution in [0.4, 0.5) is 5.69 Å². The molecular formula is C12H13ClN2O5. The van der Waals surface area contributed by atoms with Gasteiger partial charge in [0.25, 0.3) is 5.69 Å². The number of ether oxygens (including phenoxy) is 1. The van der Waals surface area contributed by atoms with Crippen molar-refractivity contribution in [1.82, 2.24) is 0 Å². The summed E-state index contributed by atoms with van der Waals surface area (Å²) in [5.74, 6) is -1.40. The van der Waals surface area contributed by atoms with Crippen LogP contribution in [0.1, 0.15) is 16.8 Å². The number of hydrogen-bond donors (Lipinski definition) is 2. The van der Waals surface area contributed by atoms with Crippen molar-refractivity contribution in [3.8, 4) is 5.75 Å². The summed E-state index contributed by atoms with van der Waals surface area (Å²) >= 11 is 5.82. The van der Waals surface area contributed by atoms with Crippen molar-refractivity contribution in [2.24, 2.45) is 5.73 Å². The SMILES string of the molecule is C=CCC(N)COc1cc(C(=O)O)cc([N+](=O)[O-])c1Cl. The van der Waals surface area contributed by atoms with E-state index in [2.05, 4.69) is 6.58 Å². The van der Waals surface area contributed by atoms with Gasteiger partial charge in [-0.2, -0.15) is 0 Å². The van der Waals surface area contributed by atoms with E-state index < -0.39 is 16.6 Å². The number of carboxylic acids is 1. The molecule has 0 aliphatic rings. The quantitative estimate of drug-likeness (QED) is 0.453. The van der Waals surface area contributed by atoms with Crippen LogP contribution in [0.2, 0.25) is 5.02 Å². The van der Waals surface area contributed by atoms with E-state index in [1.807, 2.05) is 0 Å². The lowest BCUT2D eigenvalue weighted by Gasteiger charge is -2.13. The average molecular weight is 301 g/mol. The third kappa shape index (κ3) is 3.94. The number of benzene rings is 1. The Labute approximate surface area is 119 Å². The number of rotatable bonds is 7. The number of carbonyl (C=O) groups is 1. The number of nitrogens with two attached hydrogens (primary N) is 1. The highest BCUT2D eigenvalue weighted by Gasteiger charge is 2.22. The van der Waals surface area contributed by atoms with Gasteiger partial charge >= 0.3 is 5.97 Å². The van der Waals surface area contributed by atoms with Crippen LogP contribution in [-0.2, 0) is 0 Å². The van der Waals surface area contributed by atoms with Gasteiger partial charge in [-0.1, -0.05) is 17.7 Å². The van der Waals surface area contributed by atoms with E-state index in [1.165, 1.54) is 0 Å². The molecule has 0 saturated carbocycles. The average Bonchev–Trinajstić information content (AvgIpc) is 2.37. The van der Waals surface area contributed by atoms with Gasteiger partial charge in [0, 0.05) is 12.1 Å². The van der Waals surface area contributed by atoms with E-state index in [1.54, 1.807) is 6.08 Å². The molecule has 0 fully saturated rings. The lowest BCUT2D eigenvalue weighted by atomic mass is 10.2. The van der Waals surface area contributed by atoms with Gasteiger partial charge in [0.15, 0.2) is 5.02 Å². The van der Waals surface area contributed by atoms with Crippen LogP contribution in [0.15, 0.2) is 24.8 Å². The predicted molar refractivity (Wildman–Crippen MR) is 73.4 cm³/mol. The molecule has 1 rings (SSSR count). The Hall–Kier alpha value is -2.12. The Morgan fingerprint density at radius 1 is 1.65 bits per heavy atom. The number of nitrogens with zero attached hydrogens (tertiary/aromatic N) is 1. The molecule has 0 spiro atoms. The van der Waals surface area contributed by atoms with Crippen molar-refractivity contribution in [3.63, 3.8) is 0 Å². The summed E-state index contributed by atoms with van der Waals surface area (Å²) < 4.78 is 5.26. The lowest BCUT2D eigenvalue weighted by Crippen LogP contribution is -2.27. The zero-order valence-corrected chi connectivity index (χ0v) is 11.2. The van der Waals surface area contributed by atoms with E-state index in [0.717, 1.165) is 12.1 Å². The summed E-state index contributed by atoms with van der Waals surface area (Å²) in [6, 6.07) is 1.63. The standard InChI is InChI=1S/C12H13ClN2O5/c1-2-3-8(14)6-20-10-5-7(12(16)17)4-9(11(10)13)15(18)19/h2,4-5,8H,1,3,6,14H2,(H,16,17). The van der Waals surface area contributed by atoms with E-state index in [9.17, 15) is 14.9 Å². The van der Waals surface area contributed by atoms with Crippen molar-refractivity contribution >= 4 is 23.3 Å². The van der Waals surface area contributed by atoms with Crippen LogP contribution in [0.25, 0.3) is 0 Å². The number of hydrogen-bond acceptors (Lipinski definition) is 5. The fourth-order valence-corrected chi connectivity index (χ4v) is 1.66. The van der Waals surface area contributed by atoms with Crippen molar-refractivity contribution in [2.75, 3.05) is 6.61 Å². The fraction of sp³-hybridized carbons (Fsp3) is 0.250. The topological polar surface area (TPSA) is 116 Å². The smallest absolute Gasteiger partial charge is 0.336 e. The molecule has 108 valence electrons. The molecule has 1 aromatic carbocycles. The van der Waals surface area contributed by atoms with E-state index in [-0.39, 0.29) is 29.0 Å². The van der Waals surface area contributed by atoms with Crippen molar-refractivity contribution < 1.29 is 19.6 Å². The molecule has 0 amide bonds. The van der Waals surface area contributed by atoms with Gasteiger partial charge in [-0.15, -0.1) is 6.58 Å². The van der Waals surface area contributed by atoms with Crippen LogP contribution in [0, 0.1) is 10.1 Å². The van der Waals surface area contributed by atoms with Gasteiger partial charge in [-0.3, -0.25) is 10.1 Å². The summed E-state index contributed by atoms with van der Waals surface area (Å²) in [5.41, 5.74) is 4.88. The van der Waals surface area contributed by atoms with Crippen molar-refractivity contribution in [3.05, 3.63) is 45.5 Å². The molecule has 1 atom stereocenters. The second-order valence-electron chi connectivity index (χ2n) is 3.97. The maximum absolute atomic E-state index is 10.9. The number of carboxylic acid groups (broad SMARTS) is 1. The molecule has 1 unspecified atom stereocenters. The Morgan fingerprint density at radius 2 is 2.30 bits per heavy atom. The van der Waals surface area contributed by atoms with Gasteiger partial charge in [0.1, 0.15) is 12.4 Å². The third-order valence-corrected chi connectivity index (χ3v) is 2.77. The van der Waals surface area contributed by atoms with Crippen molar-refractivity contribution in [1.29, 1.82) is 0 Å². The van der Waals surface area contributed by atoms with Gasteiger partial charge in [0.2, 0.25) is 0 Å². The van der Waals surface area contributed by atoms with Gasteiger partial charge < -0.3 is 15.6 Å². The normalized spacial score (nSPS) is 11.7. The molecule has 0 aliphatic carbocycles. The molecule has 0 radical (unpaired) electrons. The van der Waals surface area contributed by atoms with Crippen LogP contribution in [0.5, 0.6) is 5.75 Å². The Balaban J connectivity index is 3.07. The largest absolute Gasteiger partial charge is 0.490 e. The first kappa shape index (κ1) is 15.9. The van der Waals surface area contributed by atoms with E-state index in [0.29, 0.717) is 6.42 Å². The zero-order chi connectivity index (χ0) is 15.3. The molecule has 7 nitrogen and oxygen atoms in total. The highest BCUT2D eigenvalue weighted by atomic mass is 35.5. The van der Waals surface area contributed by atoms with Crippen LogP contribution < -0.4 is 10.5 Å². The molecule has 0 heterocycles. The number of halogens is 1. The zero-order valence-electron chi connectivity index (χ0n) is 10.4. The van der Waals surface area contributed by atoms with E-state index in [4.69, 9.17) is 27.2 Å². The summed E-state index contributed by atoms with van der Waals surface area (Å²) in [6.45, 7) is 3.55. The summed E-state index contributed by atoms with van der Waals surface area (Å²) in [6.07, 6.45) is 2.09. The third-order valence-electron chi connectivity index (χ3n) is 2.39. The molecule has 20 heavy (non-hydrogen) atoms. The van der Waals surface area contributed by atoms with Crippen LogP contribution >= 0.6 is 11.6 Å². The maximum Gasteiger partial charge on any atom is 0.336 e. The minimum atomic E-state index is -1.31. The van der Waals surface area contributed by atoms with Gasteiger partial charge in [-0.05, 0) is 12.5 Å². The summed E-state index contributed by atoms with van der Waals surface area (Å²) in [5, 5.41) is 19.5. The van der Waals surface area contributed by atoms with Crippen LogP contribution in [-0.4, -0.2) is 28.6 Å². The predicted octanol–water partition coefficient (Wildman–Crippen LogP) is 2.23. The molecular weight excluding hydrogens is 288 g/mol. The molecule has 1 aromatic rings. The fourth-order valence-electron chi connectivity index (χ4n) is 1.42. The Morgan fingerprint density at radius 3 is 2.80 bits per heavy atom. The Kier molecular flexibility index (Phi) is 5.48.